The van der Waals surface area contributed by atoms with Crippen molar-refractivity contribution in [2.45, 2.75) is 6.18 Å². The maximum Gasteiger partial charge on any atom is 0.434 e. The van der Waals surface area contributed by atoms with Crippen LogP contribution in [0.4, 0.5) is 17.6 Å². The van der Waals surface area contributed by atoms with Crippen molar-refractivity contribution < 1.29 is 22.7 Å². The van der Waals surface area contributed by atoms with E-state index in [2.05, 4.69) is 5.10 Å². The Bertz CT molecular complexity index is 682. The van der Waals surface area contributed by atoms with E-state index >= 15 is 0 Å². The summed E-state index contributed by atoms with van der Waals surface area (Å²) in [5, 5.41) is 11.9. The molecule has 108 valence electrons. The minimum Gasteiger partial charge on any atom is -0.506 e. The number of rotatable bonds is 1. The second-order valence-electron chi connectivity index (χ2n) is 3.92. The predicted molar refractivity (Wildman–Crippen MR) is 65.3 cm³/mol. The van der Waals surface area contributed by atoms with Crippen LogP contribution in [0.3, 0.4) is 0 Å². The first kappa shape index (κ1) is 14.9. The van der Waals surface area contributed by atoms with Gasteiger partial charge in [0.15, 0.2) is 5.69 Å². The first-order valence-corrected chi connectivity index (χ1v) is 5.86. The smallest absolute Gasteiger partial charge is 0.434 e. The monoisotopic (exact) mass is 328 g/mol. The molecule has 1 aromatic heterocycles. The topological polar surface area (TPSA) is 38.0 Å². The summed E-state index contributed by atoms with van der Waals surface area (Å²) in [6, 6.07) is 1.64. The molecule has 3 nitrogen and oxygen atoms in total. The molecule has 2 aromatic rings. The van der Waals surface area contributed by atoms with Crippen LogP contribution in [0.25, 0.3) is 11.3 Å². The maximum absolute atomic E-state index is 13.7. The Labute approximate surface area is 120 Å². The van der Waals surface area contributed by atoms with Gasteiger partial charge in [-0.05, 0) is 12.1 Å². The Hall–Kier alpha value is -1.47. The lowest BCUT2D eigenvalue weighted by Crippen LogP contribution is -2.12. The molecule has 1 N–H and O–H groups in total. The number of aromatic hydroxyl groups is 1. The number of halogens is 6. The van der Waals surface area contributed by atoms with Crippen molar-refractivity contribution in [3.63, 3.8) is 0 Å². The summed E-state index contributed by atoms with van der Waals surface area (Å²) in [7, 11) is 1.03. The SMILES string of the molecule is Cn1nc(-c2cc(O)c(Cl)cc2F)c(Cl)c1C(F)(F)F. The van der Waals surface area contributed by atoms with Crippen molar-refractivity contribution in [3.05, 3.63) is 33.7 Å². The predicted octanol–water partition coefficient (Wildman–Crippen LogP) is 4.26. The molecule has 1 aromatic carbocycles. The molecular formula is C11H6Cl2F4N2O. The number of hydrogen-bond donors (Lipinski definition) is 1. The van der Waals surface area contributed by atoms with Gasteiger partial charge in [0.2, 0.25) is 0 Å². The van der Waals surface area contributed by atoms with Gasteiger partial charge in [0.25, 0.3) is 0 Å². The average molecular weight is 329 g/mol. The molecule has 0 radical (unpaired) electrons. The molecule has 0 aliphatic rings. The van der Waals surface area contributed by atoms with Crippen LogP contribution in [0.2, 0.25) is 10.0 Å². The van der Waals surface area contributed by atoms with Gasteiger partial charge >= 0.3 is 6.18 Å². The minimum absolute atomic E-state index is 0.269. The number of hydrogen-bond acceptors (Lipinski definition) is 2. The van der Waals surface area contributed by atoms with Crippen molar-refractivity contribution in [2.75, 3.05) is 0 Å². The summed E-state index contributed by atoms with van der Waals surface area (Å²) < 4.78 is 52.6. The molecule has 0 spiro atoms. The fourth-order valence-electron chi connectivity index (χ4n) is 1.70. The molecule has 0 aliphatic heterocycles. The van der Waals surface area contributed by atoms with Gasteiger partial charge in [0.1, 0.15) is 17.3 Å². The summed E-state index contributed by atoms with van der Waals surface area (Å²) in [5.41, 5.74) is -2.00. The fraction of sp³-hybridized carbons (Fsp3) is 0.182. The van der Waals surface area contributed by atoms with Crippen LogP contribution in [-0.4, -0.2) is 14.9 Å². The third-order valence-electron chi connectivity index (χ3n) is 2.55. The Morgan fingerprint density at radius 1 is 1.25 bits per heavy atom. The fourth-order valence-corrected chi connectivity index (χ4v) is 2.22. The second kappa shape index (κ2) is 4.82. The highest BCUT2D eigenvalue weighted by Crippen LogP contribution is 2.41. The highest BCUT2D eigenvalue weighted by molar-refractivity contribution is 6.34. The molecule has 0 amide bonds. The van der Waals surface area contributed by atoms with E-state index < -0.39 is 34.2 Å². The first-order chi connectivity index (χ1) is 9.12. The summed E-state index contributed by atoms with van der Waals surface area (Å²) in [6.07, 6.45) is -4.73. The minimum atomic E-state index is -4.73. The van der Waals surface area contributed by atoms with Crippen molar-refractivity contribution in [2.24, 2.45) is 7.05 Å². The van der Waals surface area contributed by atoms with Gasteiger partial charge in [0, 0.05) is 12.6 Å². The van der Waals surface area contributed by atoms with Gasteiger partial charge in [-0.15, -0.1) is 0 Å². The summed E-state index contributed by atoms with van der Waals surface area (Å²) in [5.74, 6) is -1.43. The highest BCUT2D eigenvalue weighted by atomic mass is 35.5. The third kappa shape index (κ3) is 2.43. The Balaban J connectivity index is 2.70. The van der Waals surface area contributed by atoms with Crippen molar-refractivity contribution >= 4 is 23.2 Å². The van der Waals surface area contributed by atoms with Gasteiger partial charge < -0.3 is 5.11 Å². The van der Waals surface area contributed by atoms with Crippen LogP contribution in [0, 0.1) is 5.82 Å². The van der Waals surface area contributed by atoms with E-state index in [9.17, 15) is 22.7 Å². The third-order valence-corrected chi connectivity index (χ3v) is 3.21. The standard InChI is InChI=1S/C11H6Cl2F4N2O/c1-19-10(11(15,16)17)8(13)9(18-19)4-2-7(20)5(12)3-6(4)14/h2-3,20H,1H3. The largest absolute Gasteiger partial charge is 0.506 e. The first-order valence-electron chi connectivity index (χ1n) is 5.11. The lowest BCUT2D eigenvalue weighted by Gasteiger charge is -2.06. The van der Waals surface area contributed by atoms with Crippen LogP contribution in [0.15, 0.2) is 12.1 Å². The van der Waals surface area contributed by atoms with E-state index in [0.29, 0.717) is 4.68 Å². The molecule has 0 fully saturated rings. The molecule has 0 bridgehead atoms. The summed E-state index contributed by atoms with van der Waals surface area (Å²) in [4.78, 5) is 0. The Morgan fingerprint density at radius 2 is 1.85 bits per heavy atom. The lowest BCUT2D eigenvalue weighted by molar-refractivity contribution is -0.143. The van der Waals surface area contributed by atoms with Crippen molar-refractivity contribution in [3.8, 4) is 17.0 Å². The number of alkyl halides is 3. The summed E-state index contributed by atoms with van der Waals surface area (Å²) in [6.45, 7) is 0. The zero-order valence-electron chi connectivity index (χ0n) is 9.76. The van der Waals surface area contributed by atoms with Gasteiger partial charge in [-0.1, -0.05) is 23.2 Å². The zero-order chi connectivity index (χ0) is 15.2. The van der Waals surface area contributed by atoms with Crippen LogP contribution < -0.4 is 0 Å². The molecule has 20 heavy (non-hydrogen) atoms. The van der Waals surface area contributed by atoms with E-state index in [1.54, 1.807) is 0 Å². The van der Waals surface area contributed by atoms with E-state index in [4.69, 9.17) is 23.2 Å². The molecule has 0 unspecified atom stereocenters. The number of nitrogens with zero attached hydrogens (tertiary/aromatic N) is 2. The molecule has 0 aliphatic carbocycles. The van der Waals surface area contributed by atoms with Crippen LogP contribution in [0.5, 0.6) is 5.75 Å². The van der Waals surface area contributed by atoms with Crippen LogP contribution >= 0.6 is 23.2 Å². The van der Waals surface area contributed by atoms with Crippen LogP contribution in [0.1, 0.15) is 5.69 Å². The quantitative estimate of drug-likeness (QED) is 0.794. The summed E-state index contributed by atoms with van der Waals surface area (Å²) >= 11 is 11.1. The van der Waals surface area contributed by atoms with Gasteiger partial charge in [-0.2, -0.15) is 18.3 Å². The normalized spacial score (nSPS) is 11.9. The van der Waals surface area contributed by atoms with Gasteiger partial charge in [0.05, 0.1) is 10.0 Å². The highest BCUT2D eigenvalue weighted by Gasteiger charge is 2.39. The molecular weight excluding hydrogens is 323 g/mol. The van der Waals surface area contributed by atoms with E-state index in [1.165, 1.54) is 0 Å². The van der Waals surface area contributed by atoms with E-state index in [0.717, 1.165) is 19.2 Å². The molecule has 2 rings (SSSR count). The maximum atomic E-state index is 13.7. The lowest BCUT2D eigenvalue weighted by atomic mass is 10.1. The Kier molecular flexibility index (Phi) is 3.60. The van der Waals surface area contributed by atoms with Gasteiger partial charge in [-0.25, -0.2) is 4.39 Å². The molecule has 0 atom stereocenters. The number of benzene rings is 1. The zero-order valence-corrected chi connectivity index (χ0v) is 11.3. The number of phenolic OH excluding ortho intramolecular Hbond substituents is 1. The number of phenols is 1. The number of aromatic nitrogens is 2. The number of aryl methyl sites for hydroxylation is 1. The van der Waals surface area contributed by atoms with E-state index in [-0.39, 0.29) is 10.6 Å². The molecule has 0 saturated heterocycles. The van der Waals surface area contributed by atoms with Crippen LogP contribution in [-0.2, 0) is 13.2 Å². The molecule has 1 heterocycles. The van der Waals surface area contributed by atoms with Gasteiger partial charge in [-0.3, -0.25) is 4.68 Å². The average Bonchev–Trinajstić information content (AvgIpc) is 2.58. The van der Waals surface area contributed by atoms with E-state index in [1.807, 2.05) is 0 Å². The van der Waals surface area contributed by atoms with Crippen molar-refractivity contribution in [1.82, 2.24) is 9.78 Å². The molecule has 9 heteroatoms. The second-order valence-corrected chi connectivity index (χ2v) is 4.70. The van der Waals surface area contributed by atoms with Crippen molar-refractivity contribution in [1.29, 1.82) is 0 Å². The molecule has 0 saturated carbocycles. The Morgan fingerprint density at radius 3 is 2.35 bits per heavy atom.